The summed E-state index contributed by atoms with van der Waals surface area (Å²) in [6.07, 6.45) is 2.75. The molecule has 1 atom stereocenters. The molecule has 0 saturated heterocycles. The van der Waals surface area contributed by atoms with Gasteiger partial charge >= 0.3 is 5.97 Å². The van der Waals surface area contributed by atoms with Crippen LogP contribution in [0.1, 0.15) is 36.3 Å². The van der Waals surface area contributed by atoms with Gasteiger partial charge in [0.15, 0.2) is 9.84 Å². The smallest absolute Gasteiger partial charge is 0.306 e. The van der Waals surface area contributed by atoms with E-state index in [2.05, 4.69) is 0 Å². The predicted molar refractivity (Wildman–Crippen MR) is 106 cm³/mol. The van der Waals surface area contributed by atoms with Crippen molar-refractivity contribution >= 4 is 15.8 Å². The number of hydrogen-bond acceptors (Lipinski definition) is 4. The van der Waals surface area contributed by atoms with E-state index in [1.807, 2.05) is 0 Å². The third-order valence-electron chi connectivity index (χ3n) is 4.88. The molecule has 2 aromatic carbocycles. The highest BCUT2D eigenvalue weighted by Gasteiger charge is 2.24. The lowest BCUT2D eigenvalue weighted by molar-refractivity contribution is -0.144. The van der Waals surface area contributed by atoms with Crippen molar-refractivity contribution in [2.24, 2.45) is 5.92 Å². The summed E-state index contributed by atoms with van der Waals surface area (Å²) >= 11 is 0. The predicted octanol–water partition coefficient (Wildman–Crippen LogP) is 4.37. The van der Waals surface area contributed by atoms with Gasteiger partial charge in [-0.2, -0.15) is 0 Å². The van der Waals surface area contributed by atoms with E-state index in [9.17, 15) is 22.0 Å². The van der Waals surface area contributed by atoms with Gasteiger partial charge in [0.05, 0.1) is 18.8 Å². The molecule has 0 amide bonds. The molecule has 4 nitrogen and oxygen atoms in total. The van der Waals surface area contributed by atoms with E-state index >= 15 is 0 Å². The van der Waals surface area contributed by atoms with Gasteiger partial charge in [-0.3, -0.25) is 4.79 Å². The second kappa shape index (κ2) is 9.31. The van der Waals surface area contributed by atoms with Crippen LogP contribution in [0.3, 0.4) is 0 Å². The summed E-state index contributed by atoms with van der Waals surface area (Å²) in [5.74, 6) is -1.57. The van der Waals surface area contributed by atoms with E-state index < -0.39 is 15.8 Å². The van der Waals surface area contributed by atoms with Crippen molar-refractivity contribution in [3.05, 3.63) is 82.8 Å². The molecule has 0 aliphatic carbocycles. The maximum atomic E-state index is 13.3. The summed E-state index contributed by atoms with van der Waals surface area (Å²) in [7, 11) is -3.19. The molecular weight excluding hydrogens is 398 g/mol. The number of benzene rings is 2. The SMILES string of the molecule is O=C(CC1C=CS(=O)(=O)C1)OCCCC(c1ccc(F)cc1)c1ccc(F)cc1. The maximum Gasteiger partial charge on any atom is 0.306 e. The summed E-state index contributed by atoms with van der Waals surface area (Å²) in [6, 6.07) is 12.3. The molecule has 0 spiro atoms. The van der Waals surface area contributed by atoms with Crippen LogP contribution in [-0.4, -0.2) is 26.7 Å². The van der Waals surface area contributed by atoms with Crippen LogP contribution in [0.4, 0.5) is 8.78 Å². The van der Waals surface area contributed by atoms with E-state index in [1.54, 1.807) is 24.3 Å². The summed E-state index contributed by atoms with van der Waals surface area (Å²) in [5.41, 5.74) is 1.79. The van der Waals surface area contributed by atoms with Gasteiger partial charge in [0.25, 0.3) is 0 Å². The maximum absolute atomic E-state index is 13.3. The average molecular weight is 420 g/mol. The van der Waals surface area contributed by atoms with Crippen molar-refractivity contribution in [1.29, 1.82) is 0 Å². The molecular formula is C22H22F2O4S. The first kappa shape index (κ1) is 21.2. The molecule has 1 aliphatic rings. The Kier molecular flexibility index (Phi) is 6.79. The van der Waals surface area contributed by atoms with Gasteiger partial charge in [-0.1, -0.05) is 30.3 Å². The molecule has 29 heavy (non-hydrogen) atoms. The monoisotopic (exact) mass is 420 g/mol. The zero-order valence-corrected chi connectivity index (χ0v) is 16.6. The molecule has 0 saturated carbocycles. The number of carbonyl (C=O) groups excluding carboxylic acids is 1. The Morgan fingerprint density at radius 1 is 1.00 bits per heavy atom. The Hall–Kier alpha value is -2.54. The molecule has 0 aromatic heterocycles. The minimum atomic E-state index is -3.19. The van der Waals surface area contributed by atoms with Crippen LogP contribution in [-0.2, 0) is 19.4 Å². The topological polar surface area (TPSA) is 60.4 Å². The largest absolute Gasteiger partial charge is 0.466 e. The Morgan fingerprint density at radius 2 is 1.55 bits per heavy atom. The van der Waals surface area contributed by atoms with E-state index in [1.165, 1.54) is 30.3 Å². The summed E-state index contributed by atoms with van der Waals surface area (Å²) < 4.78 is 54.5. The summed E-state index contributed by atoms with van der Waals surface area (Å²) in [6.45, 7) is 0.195. The molecule has 0 bridgehead atoms. The minimum absolute atomic E-state index is 0.0368. The second-order valence-corrected chi connectivity index (χ2v) is 9.07. The third kappa shape index (κ3) is 6.22. The highest BCUT2D eigenvalue weighted by atomic mass is 32.2. The van der Waals surface area contributed by atoms with Crippen molar-refractivity contribution in [2.45, 2.75) is 25.2 Å². The molecule has 1 heterocycles. The molecule has 0 N–H and O–H groups in total. The zero-order valence-electron chi connectivity index (χ0n) is 15.8. The first-order valence-electron chi connectivity index (χ1n) is 9.40. The lowest BCUT2D eigenvalue weighted by Gasteiger charge is -2.18. The third-order valence-corrected chi connectivity index (χ3v) is 6.34. The fourth-order valence-electron chi connectivity index (χ4n) is 3.43. The lowest BCUT2D eigenvalue weighted by atomic mass is 9.87. The average Bonchev–Trinajstić information content (AvgIpc) is 3.02. The van der Waals surface area contributed by atoms with E-state index in [0.717, 1.165) is 16.5 Å². The molecule has 154 valence electrons. The van der Waals surface area contributed by atoms with Gasteiger partial charge < -0.3 is 4.74 Å². The Morgan fingerprint density at radius 3 is 2.03 bits per heavy atom. The molecule has 3 rings (SSSR count). The van der Waals surface area contributed by atoms with E-state index in [0.29, 0.717) is 12.8 Å². The molecule has 1 aliphatic heterocycles. The van der Waals surface area contributed by atoms with E-state index in [-0.39, 0.29) is 42.3 Å². The quantitative estimate of drug-likeness (QED) is 0.470. The molecule has 0 fully saturated rings. The highest BCUT2D eigenvalue weighted by Crippen LogP contribution is 2.29. The Labute approximate surface area is 169 Å². The first-order chi connectivity index (χ1) is 13.8. The van der Waals surface area contributed by atoms with Crippen molar-refractivity contribution < 1.29 is 26.7 Å². The number of sulfone groups is 1. The number of esters is 1. The summed E-state index contributed by atoms with van der Waals surface area (Å²) in [4.78, 5) is 11.9. The normalized spacial score (nSPS) is 17.6. The number of ether oxygens (including phenoxy) is 1. The van der Waals surface area contributed by atoms with Gasteiger partial charge in [-0.15, -0.1) is 0 Å². The van der Waals surface area contributed by atoms with Gasteiger partial charge in [-0.05, 0) is 48.2 Å². The number of hydrogen-bond donors (Lipinski definition) is 0. The van der Waals surface area contributed by atoms with Crippen molar-refractivity contribution in [1.82, 2.24) is 0 Å². The van der Waals surface area contributed by atoms with Crippen LogP contribution < -0.4 is 0 Å². The van der Waals surface area contributed by atoms with Crippen molar-refractivity contribution in [3.8, 4) is 0 Å². The molecule has 2 aromatic rings. The van der Waals surface area contributed by atoms with Crippen molar-refractivity contribution in [2.75, 3.05) is 12.4 Å². The van der Waals surface area contributed by atoms with Crippen molar-refractivity contribution in [3.63, 3.8) is 0 Å². The van der Waals surface area contributed by atoms with Crippen LogP contribution in [0.15, 0.2) is 60.0 Å². The minimum Gasteiger partial charge on any atom is -0.466 e. The number of carbonyl (C=O) groups is 1. The fraction of sp³-hybridized carbons (Fsp3) is 0.318. The van der Waals surface area contributed by atoms with Gasteiger partial charge in [-0.25, -0.2) is 17.2 Å². The van der Waals surface area contributed by atoms with Crippen LogP contribution in [0.25, 0.3) is 0 Å². The van der Waals surface area contributed by atoms with Crippen LogP contribution in [0, 0.1) is 17.6 Å². The van der Waals surface area contributed by atoms with Gasteiger partial charge in [0.1, 0.15) is 11.6 Å². The zero-order chi connectivity index (χ0) is 20.9. The highest BCUT2D eigenvalue weighted by molar-refractivity contribution is 7.94. The Bertz CT molecular complexity index is 921. The first-order valence-corrected chi connectivity index (χ1v) is 11.1. The van der Waals surface area contributed by atoms with Crippen LogP contribution >= 0.6 is 0 Å². The lowest BCUT2D eigenvalue weighted by Crippen LogP contribution is -2.14. The fourth-order valence-corrected chi connectivity index (χ4v) is 4.83. The standard InChI is InChI=1S/C22H22F2O4S/c23-19-7-3-17(4-8-19)21(18-5-9-20(24)10-6-18)2-1-12-28-22(25)14-16-11-13-29(26,27)15-16/h3-11,13,16,21H,1-2,12,14-15H2. The Balaban J connectivity index is 1.55. The molecule has 1 unspecified atom stereocenters. The van der Waals surface area contributed by atoms with Crippen LogP contribution in [0.5, 0.6) is 0 Å². The molecule has 7 heteroatoms. The van der Waals surface area contributed by atoms with Crippen LogP contribution in [0.2, 0.25) is 0 Å². The number of halogens is 2. The van der Waals surface area contributed by atoms with Gasteiger partial charge in [0.2, 0.25) is 0 Å². The van der Waals surface area contributed by atoms with E-state index in [4.69, 9.17) is 4.74 Å². The second-order valence-electron chi connectivity index (χ2n) is 7.14. The number of rotatable bonds is 8. The van der Waals surface area contributed by atoms with Gasteiger partial charge in [0, 0.05) is 17.2 Å². The summed E-state index contributed by atoms with van der Waals surface area (Å²) in [5, 5.41) is 1.14. The molecule has 0 radical (unpaired) electrons. The number of allylic oxidation sites excluding steroid dienone is 1.